The fourth-order valence-electron chi connectivity index (χ4n) is 2.02. The van der Waals surface area contributed by atoms with Gasteiger partial charge in [0.1, 0.15) is 5.75 Å². The van der Waals surface area contributed by atoms with Crippen LogP contribution in [0.3, 0.4) is 0 Å². The number of allylic oxidation sites excluding steroid dienone is 1. The molecule has 0 bridgehead atoms. The van der Waals surface area contributed by atoms with Crippen LogP contribution in [0.2, 0.25) is 0 Å². The molecule has 0 amide bonds. The first-order valence-electron chi connectivity index (χ1n) is 6.96. The predicted molar refractivity (Wildman–Crippen MR) is 85.3 cm³/mol. The highest BCUT2D eigenvalue weighted by Gasteiger charge is 2.11. The Labute approximate surface area is 129 Å². The summed E-state index contributed by atoms with van der Waals surface area (Å²) in [6.07, 6.45) is 2.84. The van der Waals surface area contributed by atoms with Crippen molar-refractivity contribution in [2.24, 2.45) is 0 Å². The second kappa shape index (κ2) is 6.35. The van der Waals surface area contributed by atoms with Crippen LogP contribution in [0.5, 0.6) is 17.2 Å². The zero-order chi connectivity index (χ0) is 16.3. The predicted octanol–water partition coefficient (Wildman–Crippen LogP) is 3.82. The number of carbonyl (C=O) groups is 1. The van der Waals surface area contributed by atoms with Crippen LogP contribution in [0.1, 0.15) is 41.3 Å². The van der Waals surface area contributed by atoms with Crippen molar-refractivity contribution in [3.63, 3.8) is 0 Å². The fraction of sp³-hybridized carbons (Fsp3) is 0.167. The average Bonchev–Trinajstić information content (AvgIpc) is 2.48. The van der Waals surface area contributed by atoms with Gasteiger partial charge >= 0.3 is 0 Å². The molecule has 2 aromatic carbocycles. The highest BCUT2D eigenvalue weighted by atomic mass is 16.3. The standard InChI is InChI=1S/C18H18O4/c1-11(2)13-5-8-16(20)14(10-13)15(19)6-3-12-4-7-17(21)18(22)9-12/h3-11,20-22H,1-2H3. The second-order valence-corrected chi connectivity index (χ2v) is 5.38. The summed E-state index contributed by atoms with van der Waals surface area (Å²) < 4.78 is 0. The maximum Gasteiger partial charge on any atom is 0.189 e. The van der Waals surface area contributed by atoms with Gasteiger partial charge in [-0.25, -0.2) is 0 Å². The van der Waals surface area contributed by atoms with Gasteiger partial charge in [0.25, 0.3) is 0 Å². The molecule has 0 atom stereocenters. The van der Waals surface area contributed by atoms with E-state index in [2.05, 4.69) is 0 Å². The molecule has 4 nitrogen and oxygen atoms in total. The van der Waals surface area contributed by atoms with Crippen molar-refractivity contribution in [2.75, 3.05) is 0 Å². The van der Waals surface area contributed by atoms with Crippen molar-refractivity contribution >= 4 is 11.9 Å². The quantitative estimate of drug-likeness (QED) is 0.455. The first-order chi connectivity index (χ1) is 10.4. The van der Waals surface area contributed by atoms with E-state index >= 15 is 0 Å². The van der Waals surface area contributed by atoms with Crippen LogP contribution in [0, 0.1) is 0 Å². The molecule has 0 aliphatic carbocycles. The molecule has 0 heterocycles. The SMILES string of the molecule is CC(C)c1ccc(O)c(C(=O)C=Cc2ccc(O)c(O)c2)c1. The van der Waals surface area contributed by atoms with E-state index in [4.69, 9.17) is 0 Å². The number of hydrogen-bond donors (Lipinski definition) is 3. The van der Waals surface area contributed by atoms with Crippen molar-refractivity contribution in [1.29, 1.82) is 0 Å². The number of phenolic OH excluding ortho intramolecular Hbond substituents is 3. The molecule has 0 radical (unpaired) electrons. The molecule has 22 heavy (non-hydrogen) atoms. The molecule has 0 saturated heterocycles. The number of aromatic hydroxyl groups is 3. The molecular formula is C18H18O4. The zero-order valence-corrected chi connectivity index (χ0v) is 12.4. The van der Waals surface area contributed by atoms with E-state index < -0.39 is 0 Å². The molecule has 114 valence electrons. The molecule has 0 aromatic heterocycles. The Morgan fingerprint density at radius 1 is 0.955 bits per heavy atom. The van der Waals surface area contributed by atoms with Gasteiger partial charge in [-0.1, -0.05) is 32.1 Å². The summed E-state index contributed by atoms with van der Waals surface area (Å²) in [5, 5.41) is 28.5. The Hall–Kier alpha value is -2.75. The monoisotopic (exact) mass is 298 g/mol. The average molecular weight is 298 g/mol. The van der Waals surface area contributed by atoms with Gasteiger partial charge in [-0.15, -0.1) is 0 Å². The number of rotatable bonds is 4. The van der Waals surface area contributed by atoms with Gasteiger partial charge in [-0.2, -0.15) is 0 Å². The number of ketones is 1. The first-order valence-corrected chi connectivity index (χ1v) is 6.96. The van der Waals surface area contributed by atoms with E-state index in [1.165, 1.54) is 30.4 Å². The Balaban J connectivity index is 2.26. The normalized spacial score (nSPS) is 11.2. The van der Waals surface area contributed by atoms with E-state index in [-0.39, 0.29) is 34.5 Å². The van der Waals surface area contributed by atoms with Crippen molar-refractivity contribution < 1.29 is 20.1 Å². The molecule has 3 N–H and O–H groups in total. The van der Waals surface area contributed by atoms with Crippen LogP contribution in [0.25, 0.3) is 6.08 Å². The molecule has 0 saturated carbocycles. The van der Waals surface area contributed by atoms with Crippen LogP contribution < -0.4 is 0 Å². The van der Waals surface area contributed by atoms with E-state index in [9.17, 15) is 20.1 Å². The van der Waals surface area contributed by atoms with Gasteiger partial charge in [0.15, 0.2) is 17.3 Å². The van der Waals surface area contributed by atoms with Gasteiger partial charge < -0.3 is 15.3 Å². The zero-order valence-electron chi connectivity index (χ0n) is 12.4. The lowest BCUT2D eigenvalue weighted by Gasteiger charge is -2.08. The molecule has 0 unspecified atom stereocenters. The van der Waals surface area contributed by atoms with Crippen molar-refractivity contribution in [2.45, 2.75) is 19.8 Å². The van der Waals surface area contributed by atoms with Crippen LogP contribution in [-0.4, -0.2) is 21.1 Å². The summed E-state index contributed by atoms with van der Waals surface area (Å²) in [5.74, 6) is -0.602. The molecule has 0 aliphatic heterocycles. The Morgan fingerprint density at radius 3 is 2.27 bits per heavy atom. The minimum Gasteiger partial charge on any atom is -0.507 e. The molecule has 4 heteroatoms. The van der Waals surface area contributed by atoms with E-state index in [0.717, 1.165) is 5.56 Å². The van der Waals surface area contributed by atoms with E-state index in [1.807, 2.05) is 13.8 Å². The minimum atomic E-state index is -0.326. The van der Waals surface area contributed by atoms with Gasteiger partial charge in [-0.3, -0.25) is 4.79 Å². The molecule has 0 aliphatic rings. The van der Waals surface area contributed by atoms with Gasteiger partial charge in [0.05, 0.1) is 5.56 Å². The highest BCUT2D eigenvalue weighted by Crippen LogP contribution is 2.26. The van der Waals surface area contributed by atoms with Crippen LogP contribution in [0.4, 0.5) is 0 Å². The Morgan fingerprint density at radius 2 is 1.64 bits per heavy atom. The lowest BCUT2D eigenvalue weighted by molar-refractivity contribution is 0.104. The third-order valence-corrected chi connectivity index (χ3v) is 3.38. The van der Waals surface area contributed by atoms with Gasteiger partial charge in [-0.05, 0) is 47.4 Å². The first kappa shape index (κ1) is 15.6. The summed E-state index contributed by atoms with van der Waals surface area (Å²) in [4.78, 5) is 12.2. The number of carbonyl (C=O) groups excluding carboxylic acids is 1. The van der Waals surface area contributed by atoms with E-state index in [1.54, 1.807) is 18.2 Å². The molecule has 0 spiro atoms. The summed E-state index contributed by atoms with van der Waals surface area (Å²) >= 11 is 0. The molecule has 2 aromatic rings. The summed E-state index contributed by atoms with van der Waals surface area (Å²) in [6.45, 7) is 4.02. The minimum absolute atomic E-state index is 0.0624. The maximum atomic E-state index is 12.2. The number of hydrogen-bond acceptors (Lipinski definition) is 4. The summed E-state index contributed by atoms with van der Waals surface area (Å²) in [5.41, 5.74) is 1.78. The second-order valence-electron chi connectivity index (χ2n) is 5.38. The number of benzene rings is 2. The summed E-state index contributed by atoms with van der Waals surface area (Å²) in [7, 11) is 0. The van der Waals surface area contributed by atoms with Gasteiger partial charge in [0, 0.05) is 0 Å². The van der Waals surface area contributed by atoms with Crippen LogP contribution in [-0.2, 0) is 0 Å². The smallest absolute Gasteiger partial charge is 0.189 e. The molecular weight excluding hydrogens is 280 g/mol. The Bertz CT molecular complexity index is 730. The fourth-order valence-corrected chi connectivity index (χ4v) is 2.02. The van der Waals surface area contributed by atoms with Crippen LogP contribution >= 0.6 is 0 Å². The highest BCUT2D eigenvalue weighted by molar-refractivity contribution is 6.08. The maximum absolute atomic E-state index is 12.2. The lowest BCUT2D eigenvalue weighted by atomic mass is 9.98. The topological polar surface area (TPSA) is 77.8 Å². The van der Waals surface area contributed by atoms with E-state index in [0.29, 0.717) is 5.56 Å². The third-order valence-electron chi connectivity index (χ3n) is 3.38. The largest absolute Gasteiger partial charge is 0.507 e. The van der Waals surface area contributed by atoms with Crippen molar-refractivity contribution in [3.8, 4) is 17.2 Å². The van der Waals surface area contributed by atoms with Crippen molar-refractivity contribution in [3.05, 3.63) is 59.2 Å². The van der Waals surface area contributed by atoms with Gasteiger partial charge in [0.2, 0.25) is 0 Å². The third kappa shape index (κ3) is 3.47. The molecule has 2 rings (SSSR count). The summed E-state index contributed by atoms with van der Waals surface area (Å²) in [6, 6.07) is 9.26. The van der Waals surface area contributed by atoms with Crippen LogP contribution in [0.15, 0.2) is 42.5 Å². The molecule has 0 fully saturated rings. The Kier molecular flexibility index (Phi) is 4.51. The lowest BCUT2D eigenvalue weighted by Crippen LogP contribution is -1.98. The number of phenols is 3. The van der Waals surface area contributed by atoms with Crippen molar-refractivity contribution in [1.82, 2.24) is 0 Å².